The number of aromatic amines is 1. The number of aromatic nitrogens is 4. The van der Waals surface area contributed by atoms with Crippen LogP contribution in [-0.2, 0) is 6.42 Å². The van der Waals surface area contributed by atoms with Crippen LogP contribution in [0.2, 0.25) is 0 Å². The summed E-state index contributed by atoms with van der Waals surface area (Å²) in [6.07, 6.45) is 2.71. The van der Waals surface area contributed by atoms with E-state index in [2.05, 4.69) is 46.0 Å². The standard InChI is InChI=1S/C23H21N5/c1-16-12-21(27-26-16)13-17(2)28-15-25-22(19-6-4-3-5-7-19)23(28)20-10-8-18(14-24)9-11-20/h3-12,15,17H,13H2,1-2H3,(H,26,27)/t17-/m1/s1. The molecule has 0 saturated carbocycles. The maximum atomic E-state index is 9.12. The highest BCUT2D eigenvalue weighted by Crippen LogP contribution is 2.34. The Morgan fingerprint density at radius 1 is 1.07 bits per heavy atom. The summed E-state index contributed by atoms with van der Waals surface area (Å²) in [5.41, 5.74) is 6.85. The molecular formula is C23H21N5. The molecular weight excluding hydrogens is 346 g/mol. The van der Waals surface area contributed by atoms with Crippen LogP contribution in [0.15, 0.2) is 67.0 Å². The summed E-state index contributed by atoms with van der Waals surface area (Å²) in [6.45, 7) is 4.18. The number of hydrogen-bond donors (Lipinski definition) is 1. The molecule has 1 N–H and O–H groups in total. The molecule has 5 heteroatoms. The van der Waals surface area contributed by atoms with Crippen molar-refractivity contribution in [3.05, 3.63) is 83.9 Å². The largest absolute Gasteiger partial charge is 0.327 e. The Labute approximate surface area is 164 Å². The molecule has 1 atom stereocenters. The van der Waals surface area contributed by atoms with Gasteiger partial charge in [0.1, 0.15) is 0 Å². The molecule has 0 unspecified atom stereocenters. The number of H-pyrrole nitrogens is 1. The molecule has 0 aliphatic heterocycles. The molecule has 0 bridgehead atoms. The van der Waals surface area contributed by atoms with E-state index >= 15 is 0 Å². The molecule has 4 rings (SSSR count). The fourth-order valence-corrected chi connectivity index (χ4v) is 3.47. The topological polar surface area (TPSA) is 70.3 Å². The highest BCUT2D eigenvalue weighted by molar-refractivity contribution is 5.79. The summed E-state index contributed by atoms with van der Waals surface area (Å²) in [6, 6.07) is 22.3. The number of hydrogen-bond acceptors (Lipinski definition) is 3. The lowest BCUT2D eigenvalue weighted by molar-refractivity contribution is 0.542. The predicted octanol–water partition coefficient (Wildman–Crippen LogP) is 4.92. The molecule has 0 aliphatic rings. The second kappa shape index (κ2) is 7.53. The van der Waals surface area contributed by atoms with E-state index in [0.717, 1.165) is 40.3 Å². The second-order valence-corrected chi connectivity index (χ2v) is 7.00. The van der Waals surface area contributed by atoms with Gasteiger partial charge in [0, 0.05) is 29.3 Å². The summed E-state index contributed by atoms with van der Waals surface area (Å²) in [5, 5.41) is 16.5. The zero-order valence-electron chi connectivity index (χ0n) is 15.9. The Morgan fingerprint density at radius 3 is 2.46 bits per heavy atom. The number of nitrogens with zero attached hydrogens (tertiary/aromatic N) is 4. The van der Waals surface area contributed by atoms with Gasteiger partial charge >= 0.3 is 0 Å². The van der Waals surface area contributed by atoms with Crippen LogP contribution < -0.4 is 0 Å². The normalized spacial score (nSPS) is 11.9. The van der Waals surface area contributed by atoms with Crippen LogP contribution in [-0.4, -0.2) is 19.7 Å². The van der Waals surface area contributed by atoms with E-state index < -0.39 is 0 Å². The number of rotatable bonds is 5. The van der Waals surface area contributed by atoms with Gasteiger partial charge in [-0.15, -0.1) is 0 Å². The zero-order valence-corrected chi connectivity index (χ0v) is 15.9. The minimum atomic E-state index is 0.179. The molecule has 138 valence electrons. The van der Waals surface area contributed by atoms with Crippen LogP contribution in [0.1, 0.15) is 29.9 Å². The summed E-state index contributed by atoms with van der Waals surface area (Å²) in [4.78, 5) is 4.74. The number of aryl methyl sites for hydroxylation is 1. The number of nitriles is 1. The van der Waals surface area contributed by atoms with Crippen molar-refractivity contribution in [2.45, 2.75) is 26.3 Å². The summed E-state index contributed by atoms with van der Waals surface area (Å²) >= 11 is 0. The van der Waals surface area contributed by atoms with Crippen molar-refractivity contribution in [3.63, 3.8) is 0 Å². The quantitative estimate of drug-likeness (QED) is 0.544. The first kappa shape index (κ1) is 17.7. The van der Waals surface area contributed by atoms with Crippen molar-refractivity contribution in [3.8, 4) is 28.6 Å². The molecule has 2 aromatic carbocycles. The van der Waals surface area contributed by atoms with Gasteiger partial charge < -0.3 is 4.57 Å². The maximum absolute atomic E-state index is 9.12. The molecule has 2 aromatic heterocycles. The van der Waals surface area contributed by atoms with Crippen LogP contribution in [0.3, 0.4) is 0 Å². The number of nitrogens with one attached hydrogen (secondary N) is 1. The first-order chi connectivity index (χ1) is 13.7. The fraction of sp³-hybridized carbons (Fsp3) is 0.174. The number of benzene rings is 2. The summed E-state index contributed by atoms with van der Waals surface area (Å²) in [5.74, 6) is 0. The third kappa shape index (κ3) is 3.45. The lowest BCUT2D eigenvalue weighted by atomic mass is 10.0. The van der Waals surface area contributed by atoms with Crippen molar-refractivity contribution >= 4 is 0 Å². The lowest BCUT2D eigenvalue weighted by Crippen LogP contribution is -2.09. The Hall–Kier alpha value is -3.65. The molecule has 28 heavy (non-hydrogen) atoms. The SMILES string of the molecule is Cc1cc(C[C@@H](C)n2cnc(-c3ccccc3)c2-c2ccc(C#N)cc2)n[nH]1. The van der Waals surface area contributed by atoms with Gasteiger partial charge in [-0.3, -0.25) is 5.10 Å². The molecule has 2 heterocycles. The third-order valence-corrected chi connectivity index (χ3v) is 4.87. The van der Waals surface area contributed by atoms with Crippen LogP contribution >= 0.6 is 0 Å². The van der Waals surface area contributed by atoms with Gasteiger partial charge in [0.15, 0.2) is 0 Å². The fourth-order valence-electron chi connectivity index (χ4n) is 3.47. The van der Waals surface area contributed by atoms with Gasteiger partial charge in [-0.25, -0.2) is 4.98 Å². The minimum Gasteiger partial charge on any atom is -0.327 e. The molecule has 5 nitrogen and oxygen atoms in total. The molecule has 0 fully saturated rings. The first-order valence-corrected chi connectivity index (χ1v) is 9.29. The van der Waals surface area contributed by atoms with Gasteiger partial charge in [-0.05, 0) is 32.0 Å². The van der Waals surface area contributed by atoms with Gasteiger partial charge in [-0.2, -0.15) is 10.4 Å². The molecule has 4 aromatic rings. The van der Waals surface area contributed by atoms with E-state index in [1.807, 2.05) is 55.7 Å². The Morgan fingerprint density at radius 2 is 1.82 bits per heavy atom. The Kier molecular flexibility index (Phi) is 4.77. The number of imidazole rings is 1. The maximum Gasteiger partial charge on any atom is 0.0991 e. The predicted molar refractivity (Wildman–Crippen MR) is 110 cm³/mol. The van der Waals surface area contributed by atoms with Crippen LogP contribution in [0.4, 0.5) is 0 Å². The molecule has 0 saturated heterocycles. The van der Waals surface area contributed by atoms with Crippen LogP contribution in [0, 0.1) is 18.3 Å². The van der Waals surface area contributed by atoms with E-state index in [9.17, 15) is 0 Å². The first-order valence-electron chi connectivity index (χ1n) is 9.29. The van der Waals surface area contributed by atoms with Crippen molar-refractivity contribution in [2.75, 3.05) is 0 Å². The van der Waals surface area contributed by atoms with Crippen molar-refractivity contribution in [1.82, 2.24) is 19.7 Å². The summed E-state index contributed by atoms with van der Waals surface area (Å²) in [7, 11) is 0. The highest BCUT2D eigenvalue weighted by Gasteiger charge is 2.19. The Bertz CT molecular complexity index is 1110. The molecule has 0 spiro atoms. The van der Waals surface area contributed by atoms with Gasteiger partial charge in [0.25, 0.3) is 0 Å². The Balaban J connectivity index is 1.79. The van der Waals surface area contributed by atoms with E-state index in [1.165, 1.54) is 0 Å². The minimum absolute atomic E-state index is 0.179. The third-order valence-electron chi connectivity index (χ3n) is 4.87. The van der Waals surface area contributed by atoms with Gasteiger partial charge in [0.2, 0.25) is 0 Å². The highest BCUT2D eigenvalue weighted by atomic mass is 15.1. The second-order valence-electron chi connectivity index (χ2n) is 7.00. The van der Waals surface area contributed by atoms with E-state index in [-0.39, 0.29) is 6.04 Å². The molecule has 0 radical (unpaired) electrons. The van der Waals surface area contributed by atoms with Crippen molar-refractivity contribution in [1.29, 1.82) is 5.26 Å². The van der Waals surface area contributed by atoms with Crippen molar-refractivity contribution < 1.29 is 0 Å². The average molecular weight is 367 g/mol. The van der Waals surface area contributed by atoms with Gasteiger partial charge in [-0.1, -0.05) is 42.5 Å². The molecule has 0 amide bonds. The average Bonchev–Trinajstić information content (AvgIpc) is 3.35. The monoisotopic (exact) mass is 367 g/mol. The zero-order chi connectivity index (χ0) is 19.5. The van der Waals surface area contributed by atoms with Crippen molar-refractivity contribution in [2.24, 2.45) is 0 Å². The lowest BCUT2D eigenvalue weighted by Gasteiger charge is -2.17. The van der Waals surface area contributed by atoms with E-state index in [0.29, 0.717) is 5.56 Å². The van der Waals surface area contributed by atoms with E-state index in [1.54, 1.807) is 0 Å². The van der Waals surface area contributed by atoms with Gasteiger partial charge in [0.05, 0.1) is 35.0 Å². The van der Waals surface area contributed by atoms with E-state index in [4.69, 9.17) is 10.2 Å². The van der Waals surface area contributed by atoms with Crippen LogP contribution in [0.25, 0.3) is 22.5 Å². The smallest absolute Gasteiger partial charge is 0.0991 e. The molecule has 0 aliphatic carbocycles. The van der Waals surface area contributed by atoms with Crippen LogP contribution in [0.5, 0.6) is 0 Å². The summed E-state index contributed by atoms with van der Waals surface area (Å²) < 4.78 is 2.20.